The van der Waals surface area contributed by atoms with Crippen LogP contribution in [0, 0.1) is 0 Å². The molecule has 1 rings (SSSR count). The quantitative estimate of drug-likeness (QED) is 0.692. The molecule has 0 saturated heterocycles. The Balaban J connectivity index is 2.78. The first-order valence-corrected chi connectivity index (χ1v) is 4.54. The molecule has 4 heteroatoms. The van der Waals surface area contributed by atoms with Gasteiger partial charge in [0.05, 0.1) is 13.2 Å². The van der Waals surface area contributed by atoms with Gasteiger partial charge in [0.25, 0.3) is 0 Å². The first-order valence-electron chi connectivity index (χ1n) is 4.54. The van der Waals surface area contributed by atoms with Crippen LogP contribution in [-0.2, 0) is 0 Å². The number of anilines is 1. The molecule has 0 aliphatic rings. The molecule has 0 radical (unpaired) electrons. The molecular weight excluding hydrogens is 182 g/mol. The third-order valence-electron chi connectivity index (χ3n) is 1.62. The maximum atomic E-state index is 8.61. The lowest BCUT2D eigenvalue weighted by Gasteiger charge is -2.11. The van der Waals surface area contributed by atoms with E-state index in [1.54, 1.807) is 18.2 Å². The summed E-state index contributed by atoms with van der Waals surface area (Å²) in [7, 11) is 0. The van der Waals surface area contributed by atoms with Gasteiger partial charge in [-0.3, -0.25) is 0 Å². The number of hydrogen-bond acceptors (Lipinski definition) is 4. The maximum absolute atomic E-state index is 8.61. The van der Waals surface area contributed by atoms with Crippen LogP contribution in [-0.4, -0.2) is 24.9 Å². The van der Waals surface area contributed by atoms with Gasteiger partial charge in [-0.05, 0) is 19.1 Å². The summed E-state index contributed by atoms with van der Waals surface area (Å²) in [5.74, 6) is 1.22. The Morgan fingerprint density at radius 2 is 2.07 bits per heavy atom. The van der Waals surface area contributed by atoms with Crippen LogP contribution in [0.15, 0.2) is 18.2 Å². The van der Waals surface area contributed by atoms with E-state index in [0.29, 0.717) is 23.8 Å². The van der Waals surface area contributed by atoms with E-state index >= 15 is 0 Å². The summed E-state index contributed by atoms with van der Waals surface area (Å²) in [6, 6.07) is 5.17. The molecule has 0 amide bonds. The molecular formula is C10H15NO3. The van der Waals surface area contributed by atoms with Crippen molar-refractivity contribution in [1.82, 2.24) is 0 Å². The molecule has 0 aliphatic carbocycles. The normalized spacial score (nSPS) is 9.86. The van der Waals surface area contributed by atoms with E-state index in [1.807, 2.05) is 6.92 Å². The number of hydrogen-bond donors (Lipinski definition) is 2. The largest absolute Gasteiger partial charge is 0.490 e. The third kappa shape index (κ3) is 2.81. The lowest BCUT2D eigenvalue weighted by Crippen LogP contribution is -2.04. The summed E-state index contributed by atoms with van der Waals surface area (Å²) in [6.07, 6.45) is 0. The molecule has 0 heterocycles. The lowest BCUT2D eigenvalue weighted by atomic mass is 10.3. The van der Waals surface area contributed by atoms with Gasteiger partial charge in [-0.2, -0.15) is 0 Å². The van der Waals surface area contributed by atoms with E-state index in [2.05, 4.69) is 0 Å². The van der Waals surface area contributed by atoms with E-state index in [-0.39, 0.29) is 13.2 Å². The highest BCUT2D eigenvalue weighted by Crippen LogP contribution is 2.29. The minimum atomic E-state index is -0.0179. The molecule has 0 aromatic heterocycles. The van der Waals surface area contributed by atoms with Gasteiger partial charge in [0.2, 0.25) is 0 Å². The Morgan fingerprint density at radius 3 is 2.71 bits per heavy atom. The topological polar surface area (TPSA) is 64.7 Å². The van der Waals surface area contributed by atoms with Crippen molar-refractivity contribution in [2.75, 3.05) is 25.6 Å². The smallest absolute Gasteiger partial charge is 0.163 e. The fourth-order valence-electron chi connectivity index (χ4n) is 1.07. The van der Waals surface area contributed by atoms with Crippen molar-refractivity contribution in [2.24, 2.45) is 0 Å². The van der Waals surface area contributed by atoms with Gasteiger partial charge >= 0.3 is 0 Å². The summed E-state index contributed by atoms with van der Waals surface area (Å²) in [5, 5.41) is 8.61. The van der Waals surface area contributed by atoms with E-state index in [4.69, 9.17) is 20.3 Å². The number of aliphatic hydroxyl groups is 1. The van der Waals surface area contributed by atoms with E-state index < -0.39 is 0 Å². The molecule has 1 aromatic rings. The second-order valence-electron chi connectivity index (χ2n) is 2.71. The van der Waals surface area contributed by atoms with Crippen LogP contribution in [0.3, 0.4) is 0 Å². The summed E-state index contributed by atoms with van der Waals surface area (Å²) in [6.45, 7) is 2.68. The van der Waals surface area contributed by atoms with Crippen molar-refractivity contribution >= 4 is 5.69 Å². The fraction of sp³-hybridized carbons (Fsp3) is 0.400. The van der Waals surface area contributed by atoms with Crippen LogP contribution >= 0.6 is 0 Å². The van der Waals surface area contributed by atoms with Gasteiger partial charge in [-0.15, -0.1) is 0 Å². The molecule has 0 bridgehead atoms. The van der Waals surface area contributed by atoms with Gasteiger partial charge in [-0.1, -0.05) is 0 Å². The average Bonchev–Trinajstić information content (AvgIpc) is 2.17. The summed E-state index contributed by atoms with van der Waals surface area (Å²) in [4.78, 5) is 0. The molecule has 14 heavy (non-hydrogen) atoms. The van der Waals surface area contributed by atoms with Crippen LogP contribution in [0.1, 0.15) is 6.92 Å². The van der Waals surface area contributed by atoms with Crippen LogP contribution in [0.5, 0.6) is 11.5 Å². The van der Waals surface area contributed by atoms with Crippen LogP contribution < -0.4 is 15.2 Å². The van der Waals surface area contributed by atoms with Crippen molar-refractivity contribution < 1.29 is 14.6 Å². The van der Waals surface area contributed by atoms with E-state index in [0.717, 1.165) is 0 Å². The summed E-state index contributed by atoms with van der Waals surface area (Å²) < 4.78 is 10.6. The second kappa shape index (κ2) is 5.34. The van der Waals surface area contributed by atoms with Crippen molar-refractivity contribution in [2.45, 2.75) is 6.92 Å². The molecule has 4 nitrogen and oxygen atoms in total. The molecule has 0 fully saturated rings. The highest BCUT2D eigenvalue weighted by Gasteiger charge is 2.04. The molecule has 1 aromatic carbocycles. The first kappa shape index (κ1) is 10.7. The van der Waals surface area contributed by atoms with E-state index in [9.17, 15) is 0 Å². The predicted octanol–water partition coefficient (Wildman–Crippen LogP) is 1.04. The Hall–Kier alpha value is -1.42. The Morgan fingerprint density at radius 1 is 1.29 bits per heavy atom. The minimum absolute atomic E-state index is 0.0179. The van der Waals surface area contributed by atoms with Crippen molar-refractivity contribution in [3.05, 3.63) is 18.2 Å². The number of aliphatic hydroxyl groups excluding tert-OH is 1. The van der Waals surface area contributed by atoms with Gasteiger partial charge in [0, 0.05) is 11.8 Å². The fourth-order valence-corrected chi connectivity index (χ4v) is 1.07. The third-order valence-corrected chi connectivity index (χ3v) is 1.62. The van der Waals surface area contributed by atoms with Gasteiger partial charge in [-0.25, -0.2) is 0 Å². The van der Waals surface area contributed by atoms with Crippen molar-refractivity contribution in [3.63, 3.8) is 0 Å². The number of nitrogens with two attached hydrogens (primary N) is 1. The van der Waals surface area contributed by atoms with Gasteiger partial charge < -0.3 is 20.3 Å². The minimum Gasteiger partial charge on any atom is -0.490 e. The average molecular weight is 197 g/mol. The lowest BCUT2D eigenvalue weighted by molar-refractivity contribution is 0.194. The molecule has 0 saturated carbocycles. The molecule has 3 N–H and O–H groups in total. The highest BCUT2D eigenvalue weighted by molar-refractivity contribution is 5.51. The van der Waals surface area contributed by atoms with Gasteiger partial charge in [0.15, 0.2) is 11.5 Å². The molecule has 0 aliphatic heterocycles. The standard InChI is InChI=1S/C10H15NO3/c1-2-13-10-7-8(11)3-4-9(10)14-6-5-12/h3-4,7,12H,2,5-6,11H2,1H3. The zero-order chi connectivity index (χ0) is 10.4. The molecule has 0 unspecified atom stereocenters. The Labute approximate surface area is 83.3 Å². The zero-order valence-electron chi connectivity index (χ0n) is 8.19. The van der Waals surface area contributed by atoms with Crippen molar-refractivity contribution in [1.29, 1.82) is 0 Å². The van der Waals surface area contributed by atoms with Crippen molar-refractivity contribution in [3.8, 4) is 11.5 Å². The second-order valence-corrected chi connectivity index (χ2v) is 2.71. The number of rotatable bonds is 5. The Bertz CT molecular complexity index is 289. The van der Waals surface area contributed by atoms with Crippen LogP contribution in [0.2, 0.25) is 0 Å². The number of ether oxygens (including phenoxy) is 2. The maximum Gasteiger partial charge on any atom is 0.163 e. The highest BCUT2D eigenvalue weighted by atomic mass is 16.5. The zero-order valence-corrected chi connectivity index (χ0v) is 8.19. The molecule has 0 spiro atoms. The van der Waals surface area contributed by atoms with Crippen LogP contribution in [0.25, 0.3) is 0 Å². The predicted molar refractivity (Wildman–Crippen MR) is 54.6 cm³/mol. The van der Waals surface area contributed by atoms with Gasteiger partial charge in [0.1, 0.15) is 6.61 Å². The Kier molecular flexibility index (Phi) is 4.07. The van der Waals surface area contributed by atoms with E-state index in [1.165, 1.54) is 0 Å². The molecule has 0 atom stereocenters. The number of nitrogen functional groups attached to an aromatic ring is 1. The van der Waals surface area contributed by atoms with Crippen LogP contribution in [0.4, 0.5) is 5.69 Å². The summed E-state index contributed by atoms with van der Waals surface area (Å²) >= 11 is 0. The SMILES string of the molecule is CCOc1cc(N)ccc1OCCO. The molecule has 78 valence electrons. The number of benzene rings is 1. The monoisotopic (exact) mass is 197 g/mol. The summed E-state index contributed by atoms with van der Waals surface area (Å²) in [5.41, 5.74) is 6.23. The first-order chi connectivity index (χ1) is 6.77.